The van der Waals surface area contributed by atoms with Crippen molar-refractivity contribution in [3.63, 3.8) is 0 Å². The van der Waals surface area contributed by atoms with Gasteiger partial charge in [0.1, 0.15) is 6.79 Å². The predicted octanol–water partition coefficient (Wildman–Crippen LogP) is 2.96. The van der Waals surface area contributed by atoms with Gasteiger partial charge in [-0.15, -0.1) is 0 Å². The number of aliphatic hydroxyl groups excluding tert-OH is 1. The first-order chi connectivity index (χ1) is 15.7. The third kappa shape index (κ3) is 3.23. The Morgan fingerprint density at radius 2 is 1.85 bits per heavy atom. The maximum Gasteiger partial charge on any atom is 0.335 e. The molecule has 0 spiro atoms. The molecular formula is C26H38O7. The molecule has 0 saturated heterocycles. The van der Waals surface area contributed by atoms with E-state index in [0.29, 0.717) is 25.7 Å². The second-order valence-electron chi connectivity index (χ2n) is 11.4. The van der Waals surface area contributed by atoms with Crippen LogP contribution in [0.25, 0.3) is 0 Å². The maximum absolute atomic E-state index is 12.3. The van der Waals surface area contributed by atoms with Crippen LogP contribution in [0.3, 0.4) is 0 Å². The molecule has 4 aliphatic carbocycles. The van der Waals surface area contributed by atoms with Gasteiger partial charge in [0.15, 0.2) is 0 Å². The lowest BCUT2D eigenvalue weighted by atomic mass is 9.41. The number of fused-ring (bicyclic) bond motifs is 5. The van der Waals surface area contributed by atoms with Gasteiger partial charge < -0.3 is 29.2 Å². The number of aliphatic hydroxyl groups is 3. The molecule has 0 bridgehead atoms. The Kier molecular flexibility index (Phi) is 5.81. The summed E-state index contributed by atoms with van der Waals surface area (Å²) in [6.07, 6.45) is 7.96. The van der Waals surface area contributed by atoms with Crippen molar-refractivity contribution in [3.8, 4) is 0 Å². The molecule has 4 aliphatic rings. The second-order valence-corrected chi connectivity index (χ2v) is 11.4. The summed E-state index contributed by atoms with van der Waals surface area (Å²) in [6, 6.07) is 3.31. The Hall–Kier alpha value is -1.25. The van der Waals surface area contributed by atoms with Crippen molar-refractivity contribution in [2.24, 2.45) is 22.7 Å². The summed E-state index contributed by atoms with van der Waals surface area (Å²) in [6.45, 7) is 2.33. The highest BCUT2D eigenvalue weighted by molar-refractivity contribution is 5.28. The van der Waals surface area contributed by atoms with Gasteiger partial charge in [0, 0.05) is 30.4 Å². The zero-order valence-corrected chi connectivity index (χ0v) is 19.8. The average molecular weight is 463 g/mol. The summed E-state index contributed by atoms with van der Waals surface area (Å²) in [4.78, 5) is 11.5. The summed E-state index contributed by atoms with van der Waals surface area (Å²) in [7, 11) is 1.60. The van der Waals surface area contributed by atoms with Crippen LogP contribution in [-0.4, -0.2) is 53.1 Å². The molecule has 0 radical (unpaired) electrons. The highest BCUT2D eigenvalue weighted by atomic mass is 16.7. The second kappa shape index (κ2) is 8.16. The van der Waals surface area contributed by atoms with E-state index in [9.17, 15) is 20.1 Å². The van der Waals surface area contributed by atoms with Gasteiger partial charge >= 0.3 is 5.63 Å². The van der Waals surface area contributed by atoms with E-state index in [1.54, 1.807) is 13.4 Å². The van der Waals surface area contributed by atoms with Crippen LogP contribution in [0, 0.1) is 22.7 Å². The first-order valence-corrected chi connectivity index (χ1v) is 12.5. The van der Waals surface area contributed by atoms with Gasteiger partial charge in [-0.05, 0) is 80.8 Å². The van der Waals surface area contributed by atoms with E-state index in [4.69, 9.17) is 13.9 Å². The molecular weight excluding hydrogens is 424 g/mol. The van der Waals surface area contributed by atoms with Crippen LogP contribution in [0.5, 0.6) is 0 Å². The summed E-state index contributed by atoms with van der Waals surface area (Å²) in [5, 5.41) is 34.9. The standard InChI is InChI=1S/C26H38O7/c1-23-9-6-20-21(26(23,30)12-8-19(23)17-3-4-22(28)32-14-17)7-11-25(29)13-18(33-16-31-2)5-10-24(20,25)15-27/h3-4,14,18-21,27,29-30H,5-13,15-16H2,1-2H3. The predicted molar refractivity (Wildman–Crippen MR) is 121 cm³/mol. The van der Waals surface area contributed by atoms with Crippen molar-refractivity contribution < 1.29 is 29.2 Å². The maximum atomic E-state index is 12.3. The third-order valence-corrected chi connectivity index (χ3v) is 10.5. The molecule has 8 atom stereocenters. The van der Waals surface area contributed by atoms with Crippen molar-refractivity contribution in [2.75, 3.05) is 20.5 Å². The SMILES string of the molecule is COCOC1CCC2(CO)C3CCC4(C)C(c5ccc(=O)oc5)CCC4(O)C3CCC2(O)C1. The molecule has 4 fully saturated rings. The third-order valence-electron chi connectivity index (χ3n) is 10.5. The molecule has 0 aliphatic heterocycles. The smallest absolute Gasteiger partial charge is 0.335 e. The molecule has 1 aromatic heterocycles. The monoisotopic (exact) mass is 462 g/mol. The fourth-order valence-electron chi connectivity index (χ4n) is 8.72. The van der Waals surface area contributed by atoms with E-state index in [1.807, 2.05) is 6.07 Å². The van der Waals surface area contributed by atoms with Crippen LogP contribution in [0.15, 0.2) is 27.6 Å². The minimum Gasteiger partial charge on any atom is -0.431 e. The van der Waals surface area contributed by atoms with E-state index in [-0.39, 0.29) is 48.3 Å². The Labute approximate surface area is 195 Å². The van der Waals surface area contributed by atoms with Crippen molar-refractivity contribution >= 4 is 0 Å². The van der Waals surface area contributed by atoms with E-state index in [1.165, 1.54) is 6.07 Å². The molecule has 184 valence electrons. The Morgan fingerprint density at radius 1 is 1.06 bits per heavy atom. The largest absolute Gasteiger partial charge is 0.431 e. The number of rotatable bonds is 5. The normalized spacial score (nSPS) is 46.9. The Morgan fingerprint density at radius 3 is 2.55 bits per heavy atom. The molecule has 1 aromatic rings. The summed E-state index contributed by atoms with van der Waals surface area (Å²) in [5.74, 6) is 0.216. The van der Waals surface area contributed by atoms with Crippen LogP contribution in [0.2, 0.25) is 0 Å². The van der Waals surface area contributed by atoms with E-state index < -0.39 is 16.6 Å². The van der Waals surface area contributed by atoms with Crippen LogP contribution in [-0.2, 0) is 9.47 Å². The van der Waals surface area contributed by atoms with Gasteiger partial charge in [-0.2, -0.15) is 0 Å². The van der Waals surface area contributed by atoms with E-state index >= 15 is 0 Å². The molecule has 0 aromatic carbocycles. The molecule has 1 heterocycles. The van der Waals surface area contributed by atoms with Gasteiger partial charge in [-0.1, -0.05) is 6.92 Å². The lowest BCUT2D eigenvalue weighted by molar-refractivity contribution is -0.273. The van der Waals surface area contributed by atoms with Crippen molar-refractivity contribution in [3.05, 3.63) is 34.4 Å². The highest BCUT2D eigenvalue weighted by Gasteiger charge is 2.71. The zero-order chi connectivity index (χ0) is 23.5. The van der Waals surface area contributed by atoms with E-state index in [2.05, 4.69) is 6.92 Å². The number of hydrogen-bond acceptors (Lipinski definition) is 7. The van der Waals surface area contributed by atoms with E-state index in [0.717, 1.165) is 37.7 Å². The molecule has 4 saturated carbocycles. The molecule has 8 unspecified atom stereocenters. The lowest BCUT2D eigenvalue weighted by Gasteiger charge is -2.66. The Bertz CT molecular complexity index is 911. The topological polar surface area (TPSA) is 109 Å². The molecule has 7 nitrogen and oxygen atoms in total. The molecule has 3 N–H and O–H groups in total. The van der Waals surface area contributed by atoms with Crippen LogP contribution < -0.4 is 5.63 Å². The van der Waals surface area contributed by atoms with Gasteiger partial charge in [0.2, 0.25) is 0 Å². The first-order valence-electron chi connectivity index (χ1n) is 12.5. The fraction of sp³-hybridized carbons (Fsp3) is 0.808. The summed E-state index contributed by atoms with van der Waals surface area (Å²) in [5.41, 5.74) is -2.20. The molecule has 0 amide bonds. The summed E-state index contributed by atoms with van der Waals surface area (Å²) >= 11 is 0. The van der Waals surface area contributed by atoms with Crippen LogP contribution >= 0.6 is 0 Å². The summed E-state index contributed by atoms with van der Waals surface area (Å²) < 4.78 is 16.0. The molecule has 7 heteroatoms. The Balaban J connectivity index is 1.45. The quantitative estimate of drug-likeness (QED) is 0.577. The van der Waals surface area contributed by atoms with Gasteiger partial charge in [-0.3, -0.25) is 0 Å². The van der Waals surface area contributed by atoms with Gasteiger partial charge in [0.05, 0.1) is 30.2 Å². The number of hydrogen-bond donors (Lipinski definition) is 3. The first kappa shape index (κ1) is 23.5. The fourth-order valence-corrected chi connectivity index (χ4v) is 8.72. The average Bonchev–Trinajstić information content (AvgIpc) is 3.08. The van der Waals surface area contributed by atoms with Crippen LogP contribution in [0.4, 0.5) is 0 Å². The lowest BCUT2D eigenvalue weighted by Crippen LogP contribution is -2.69. The molecule has 5 rings (SSSR count). The van der Waals surface area contributed by atoms with Crippen LogP contribution in [0.1, 0.15) is 76.2 Å². The van der Waals surface area contributed by atoms with Gasteiger partial charge in [0.25, 0.3) is 0 Å². The minimum atomic E-state index is -0.996. The van der Waals surface area contributed by atoms with Crippen molar-refractivity contribution in [2.45, 2.75) is 87.9 Å². The number of methoxy groups -OCH3 is 1. The van der Waals surface area contributed by atoms with Crippen molar-refractivity contribution in [1.29, 1.82) is 0 Å². The molecule has 33 heavy (non-hydrogen) atoms. The highest BCUT2D eigenvalue weighted by Crippen LogP contribution is 2.71. The minimum absolute atomic E-state index is 0.0286. The van der Waals surface area contributed by atoms with Gasteiger partial charge in [-0.25, -0.2) is 4.79 Å². The zero-order valence-electron chi connectivity index (χ0n) is 19.8. The number of ether oxygens (including phenoxy) is 2. The van der Waals surface area contributed by atoms with Crippen molar-refractivity contribution in [1.82, 2.24) is 0 Å².